The number of hydrogen-bond acceptors (Lipinski definition) is 4. The van der Waals surface area contributed by atoms with E-state index in [2.05, 4.69) is 9.97 Å². The Bertz CT molecular complexity index is 1940. The first-order chi connectivity index (χ1) is 19.4. The van der Waals surface area contributed by atoms with Gasteiger partial charge >= 0.3 is 0 Å². The second-order valence-corrected chi connectivity index (χ2v) is 10.7. The molecule has 7 rings (SSSR count). The van der Waals surface area contributed by atoms with Gasteiger partial charge in [-0.2, -0.15) is 0 Å². The Hall–Kier alpha value is -3.94. The van der Waals surface area contributed by atoms with Crippen molar-refractivity contribution in [1.82, 2.24) is 29.9 Å². The SMILES string of the molecule is Clc1cccc(Cl)c1-c1c2nc(nc3ccc([nH]3)c(-c3c(Cl)cccc3Cl)c3ccc(nc4nc1C=C4)[nH]3)C=C2. The van der Waals surface area contributed by atoms with Gasteiger partial charge in [0, 0.05) is 33.3 Å². The molecular weight excluding hydrogens is 586 g/mol. The minimum atomic E-state index is 0.490. The van der Waals surface area contributed by atoms with Gasteiger partial charge in [-0.15, -0.1) is 0 Å². The van der Waals surface area contributed by atoms with Crippen LogP contribution in [0.1, 0.15) is 23.0 Å². The number of hydrogen-bond donors (Lipinski definition) is 2. The highest BCUT2D eigenvalue weighted by molar-refractivity contribution is 6.40. The summed E-state index contributed by atoms with van der Waals surface area (Å²) in [5.41, 5.74) is 6.81. The number of H-pyrrole nitrogens is 2. The van der Waals surface area contributed by atoms with Gasteiger partial charge in [0.2, 0.25) is 0 Å². The van der Waals surface area contributed by atoms with Gasteiger partial charge < -0.3 is 9.97 Å². The molecule has 2 aromatic carbocycles. The van der Waals surface area contributed by atoms with Crippen molar-refractivity contribution >= 4 is 93.0 Å². The van der Waals surface area contributed by atoms with E-state index in [-0.39, 0.29) is 0 Å². The fourth-order valence-electron chi connectivity index (χ4n) is 4.82. The van der Waals surface area contributed by atoms with Crippen LogP contribution in [-0.4, -0.2) is 29.9 Å². The molecule has 40 heavy (non-hydrogen) atoms. The molecule has 5 heterocycles. The van der Waals surface area contributed by atoms with Crippen LogP contribution in [0.3, 0.4) is 0 Å². The Morgan fingerprint density at radius 1 is 0.425 bits per heavy atom. The summed E-state index contributed by atoms with van der Waals surface area (Å²) in [6.45, 7) is 0. The summed E-state index contributed by atoms with van der Waals surface area (Å²) in [4.78, 5) is 25.8. The van der Waals surface area contributed by atoms with Crippen molar-refractivity contribution in [3.05, 3.63) is 104 Å². The number of halogens is 4. The number of nitrogens with zero attached hydrogens (tertiary/aromatic N) is 4. The second kappa shape index (κ2) is 9.91. The summed E-state index contributed by atoms with van der Waals surface area (Å²) in [5.74, 6) is 1.01. The van der Waals surface area contributed by atoms with Crippen molar-refractivity contribution in [2.75, 3.05) is 0 Å². The van der Waals surface area contributed by atoms with E-state index in [0.29, 0.717) is 71.1 Å². The number of rotatable bonds is 2. The van der Waals surface area contributed by atoms with Crippen LogP contribution in [0.5, 0.6) is 0 Å². The second-order valence-electron chi connectivity index (χ2n) is 9.06. The molecule has 0 aliphatic carbocycles. The zero-order valence-corrected chi connectivity index (χ0v) is 23.4. The van der Waals surface area contributed by atoms with Crippen LogP contribution in [-0.2, 0) is 0 Å². The molecule has 0 amide bonds. The molecule has 2 N–H and O–H groups in total. The quantitative estimate of drug-likeness (QED) is 0.207. The number of aromatic amines is 2. The van der Waals surface area contributed by atoms with E-state index in [0.717, 1.165) is 16.6 Å². The molecule has 0 saturated heterocycles. The van der Waals surface area contributed by atoms with E-state index in [1.165, 1.54) is 0 Å². The zero-order chi connectivity index (χ0) is 27.4. The van der Waals surface area contributed by atoms with E-state index < -0.39 is 0 Å². The first-order valence-corrected chi connectivity index (χ1v) is 13.7. The summed E-state index contributed by atoms with van der Waals surface area (Å²) < 4.78 is 0. The average Bonchev–Trinajstić information content (AvgIpc) is 3.73. The lowest BCUT2D eigenvalue weighted by Gasteiger charge is -2.09. The van der Waals surface area contributed by atoms with E-state index in [4.69, 9.17) is 66.3 Å². The lowest BCUT2D eigenvalue weighted by Crippen LogP contribution is -1.92. The van der Waals surface area contributed by atoms with Crippen LogP contribution in [0.2, 0.25) is 20.1 Å². The lowest BCUT2D eigenvalue weighted by atomic mass is 10.0. The number of aromatic nitrogens is 6. The summed E-state index contributed by atoms with van der Waals surface area (Å²) >= 11 is 26.6. The summed E-state index contributed by atoms with van der Waals surface area (Å²) in [6.07, 6.45) is 7.41. The number of fused-ring (bicyclic) bond motifs is 8. The molecule has 0 unspecified atom stereocenters. The van der Waals surface area contributed by atoms with Gasteiger partial charge in [0.25, 0.3) is 0 Å². The van der Waals surface area contributed by atoms with Gasteiger partial charge in [-0.25, -0.2) is 19.9 Å². The molecule has 2 aliphatic rings. The molecule has 0 atom stereocenters. The Morgan fingerprint density at radius 3 is 1.30 bits per heavy atom. The van der Waals surface area contributed by atoms with E-state index in [1.54, 1.807) is 30.3 Å². The minimum absolute atomic E-state index is 0.490. The molecule has 0 spiro atoms. The summed E-state index contributed by atoms with van der Waals surface area (Å²) in [6, 6.07) is 18.4. The Morgan fingerprint density at radius 2 is 0.850 bits per heavy atom. The third-order valence-corrected chi connectivity index (χ3v) is 7.80. The number of benzene rings is 2. The van der Waals surface area contributed by atoms with Crippen LogP contribution >= 0.6 is 46.4 Å². The highest BCUT2D eigenvalue weighted by atomic mass is 35.5. The summed E-state index contributed by atoms with van der Waals surface area (Å²) in [7, 11) is 0. The van der Waals surface area contributed by atoms with E-state index in [1.807, 2.05) is 54.6 Å². The van der Waals surface area contributed by atoms with Crippen LogP contribution in [0.4, 0.5) is 0 Å². The van der Waals surface area contributed by atoms with Crippen molar-refractivity contribution in [2.45, 2.75) is 0 Å². The molecule has 6 nitrogen and oxygen atoms in total. The minimum Gasteiger partial charge on any atom is -0.340 e. The smallest absolute Gasteiger partial charge is 0.155 e. The van der Waals surface area contributed by atoms with Gasteiger partial charge in [-0.3, -0.25) is 0 Å². The molecule has 0 fully saturated rings. The highest BCUT2D eigenvalue weighted by Gasteiger charge is 2.20. The Kier molecular flexibility index (Phi) is 6.21. The topological polar surface area (TPSA) is 83.1 Å². The van der Waals surface area contributed by atoms with Crippen molar-refractivity contribution in [3.63, 3.8) is 0 Å². The van der Waals surface area contributed by atoms with Gasteiger partial charge in [-0.05, 0) is 72.8 Å². The molecule has 3 aromatic heterocycles. The number of nitrogens with one attached hydrogen (secondary N) is 2. The van der Waals surface area contributed by atoms with Gasteiger partial charge in [0.15, 0.2) is 11.6 Å². The highest BCUT2D eigenvalue weighted by Crippen LogP contribution is 2.40. The van der Waals surface area contributed by atoms with Crippen LogP contribution in [0, 0.1) is 0 Å². The third-order valence-electron chi connectivity index (χ3n) is 6.54. The molecule has 8 bridgehead atoms. The van der Waals surface area contributed by atoms with Crippen molar-refractivity contribution < 1.29 is 0 Å². The zero-order valence-electron chi connectivity index (χ0n) is 20.4. The molecule has 194 valence electrons. The largest absolute Gasteiger partial charge is 0.340 e. The van der Waals surface area contributed by atoms with E-state index in [9.17, 15) is 0 Å². The molecule has 2 aliphatic heterocycles. The molecule has 0 radical (unpaired) electrons. The van der Waals surface area contributed by atoms with E-state index >= 15 is 0 Å². The first kappa shape index (κ1) is 25.1. The molecule has 0 saturated carbocycles. The molecule has 5 aromatic rings. The average molecular weight is 602 g/mol. The first-order valence-electron chi connectivity index (χ1n) is 12.2. The Balaban J connectivity index is 1.60. The van der Waals surface area contributed by atoms with Crippen molar-refractivity contribution in [2.24, 2.45) is 0 Å². The Labute approximate surface area is 248 Å². The van der Waals surface area contributed by atoms with Gasteiger partial charge in [-0.1, -0.05) is 58.5 Å². The normalized spacial score (nSPS) is 12.3. The fourth-order valence-corrected chi connectivity index (χ4v) is 5.99. The summed E-state index contributed by atoms with van der Waals surface area (Å²) in [5, 5.41) is 2.02. The van der Waals surface area contributed by atoms with Crippen molar-refractivity contribution in [3.8, 4) is 22.3 Å². The standard InChI is InChI=1S/C30H16Cl4N6/c31-15-3-1-4-16(32)27(15)29-19-7-11-23(35-19)39-25-13-9-21(37-25)30(28-17(33)5-2-6-18(28)34)22-10-14-26(38-22)40-24-12-8-20(29)36-24/h1-14H,(H,35,37,39)(H,36,38,40). The maximum absolute atomic E-state index is 6.66. The maximum atomic E-state index is 6.66. The van der Waals surface area contributed by atoms with Crippen LogP contribution in [0.15, 0.2) is 60.7 Å². The van der Waals surface area contributed by atoms with Crippen molar-refractivity contribution in [1.29, 1.82) is 0 Å². The third kappa shape index (κ3) is 4.39. The predicted octanol–water partition coefficient (Wildman–Crippen LogP) is 9.39. The monoisotopic (exact) mass is 600 g/mol. The molecular formula is C30H16Cl4N6. The fraction of sp³-hybridized carbons (Fsp3) is 0. The van der Waals surface area contributed by atoms with Gasteiger partial charge in [0.1, 0.15) is 11.3 Å². The maximum Gasteiger partial charge on any atom is 0.155 e. The van der Waals surface area contributed by atoms with Crippen LogP contribution in [0.25, 0.3) is 68.9 Å². The molecule has 10 heteroatoms. The lowest BCUT2D eigenvalue weighted by molar-refractivity contribution is 1.17. The predicted molar refractivity (Wildman–Crippen MR) is 165 cm³/mol. The van der Waals surface area contributed by atoms with Crippen LogP contribution < -0.4 is 0 Å². The van der Waals surface area contributed by atoms with Gasteiger partial charge in [0.05, 0.1) is 31.5 Å².